The average Bonchev–Trinajstić information content (AvgIpc) is 3.18. The molecule has 28 heavy (non-hydrogen) atoms. The average molecular weight is 369 g/mol. The van der Waals surface area contributed by atoms with E-state index < -0.39 is 0 Å². The number of rotatable bonds is 7. The fourth-order valence-electron chi connectivity index (χ4n) is 3.37. The van der Waals surface area contributed by atoms with Crippen molar-refractivity contribution in [3.8, 4) is 0 Å². The number of nitrogens with zero attached hydrogens (tertiary/aromatic N) is 1. The number of carbonyl (C=O) groups is 1. The first-order valence-electron chi connectivity index (χ1n) is 9.60. The molecule has 4 nitrogen and oxygen atoms in total. The Labute approximate surface area is 164 Å². The maximum atomic E-state index is 12.7. The molecule has 1 amide bonds. The van der Waals surface area contributed by atoms with Gasteiger partial charge < -0.3 is 10.3 Å². The quantitative estimate of drug-likeness (QED) is 0.500. The molecule has 1 aromatic heterocycles. The predicted molar refractivity (Wildman–Crippen MR) is 112 cm³/mol. The van der Waals surface area contributed by atoms with Gasteiger partial charge >= 0.3 is 0 Å². The minimum absolute atomic E-state index is 0.0326. The molecule has 140 valence electrons. The molecule has 4 rings (SSSR count). The van der Waals surface area contributed by atoms with Crippen molar-refractivity contribution in [3.63, 3.8) is 0 Å². The van der Waals surface area contributed by atoms with Crippen LogP contribution in [0.5, 0.6) is 0 Å². The highest BCUT2D eigenvalue weighted by atomic mass is 16.1. The zero-order valence-corrected chi connectivity index (χ0v) is 15.6. The van der Waals surface area contributed by atoms with Crippen LogP contribution >= 0.6 is 0 Å². The number of hydrogen-bond acceptors (Lipinski definition) is 2. The fraction of sp³-hybridized carbons (Fsp3) is 0.167. The van der Waals surface area contributed by atoms with Crippen LogP contribution in [-0.2, 0) is 17.6 Å². The Bertz CT molecular complexity index is 1010. The molecule has 2 N–H and O–H groups in total. The zero-order valence-electron chi connectivity index (χ0n) is 15.6. The number of imidazole rings is 1. The SMILES string of the molecule is O=C(CCc1ccccc1)NC(Cc1ccccc1)c1nc2ccccc2[nH]1. The number of amides is 1. The van der Waals surface area contributed by atoms with Gasteiger partial charge in [0.15, 0.2) is 0 Å². The van der Waals surface area contributed by atoms with Crippen LogP contribution in [0.15, 0.2) is 84.9 Å². The molecule has 1 unspecified atom stereocenters. The normalized spacial score (nSPS) is 12.0. The van der Waals surface area contributed by atoms with Crippen LogP contribution in [0.3, 0.4) is 0 Å². The van der Waals surface area contributed by atoms with Crippen LogP contribution < -0.4 is 5.32 Å². The molecule has 3 aromatic carbocycles. The summed E-state index contributed by atoms with van der Waals surface area (Å²) in [6.07, 6.45) is 1.87. The summed E-state index contributed by atoms with van der Waals surface area (Å²) in [5, 5.41) is 3.18. The molecule has 4 aromatic rings. The Morgan fingerprint density at radius 3 is 2.21 bits per heavy atom. The summed E-state index contributed by atoms with van der Waals surface area (Å²) < 4.78 is 0. The van der Waals surface area contributed by atoms with Gasteiger partial charge in [-0.05, 0) is 36.1 Å². The number of para-hydroxylation sites is 2. The second kappa shape index (κ2) is 8.53. The van der Waals surface area contributed by atoms with Crippen molar-refractivity contribution in [2.75, 3.05) is 0 Å². The van der Waals surface area contributed by atoms with Gasteiger partial charge in [0.05, 0.1) is 17.1 Å². The van der Waals surface area contributed by atoms with E-state index in [1.807, 2.05) is 72.8 Å². The molecule has 4 heteroatoms. The number of hydrogen-bond donors (Lipinski definition) is 2. The van der Waals surface area contributed by atoms with Crippen LogP contribution in [-0.4, -0.2) is 15.9 Å². The van der Waals surface area contributed by atoms with E-state index >= 15 is 0 Å². The Morgan fingerprint density at radius 1 is 0.857 bits per heavy atom. The summed E-state index contributed by atoms with van der Waals surface area (Å²) >= 11 is 0. The van der Waals surface area contributed by atoms with E-state index in [0.717, 1.165) is 28.8 Å². The van der Waals surface area contributed by atoms with Gasteiger partial charge in [0.1, 0.15) is 5.82 Å². The monoisotopic (exact) mass is 369 g/mol. The highest BCUT2D eigenvalue weighted by Crippen LogP contribution is 2.20. The first-order valence-corrected chi connectivity index (χ1v) is 9.60. The smallest absolute Gasteiger partial charge is 0.220 e. The second-order valence-corrected chi connectivity index (χ2v) is 6.93. The third kappa shape index (κ3) is 4.46. The van der Waals surface area contributed by atoms with E-state index in [4.69, 9.17) is 4.98 Å². The van der Waals surface area contributed by atoms with Gasteiger partial charge in [0.2, 0.25) is 5.91 Å². The predicted octanol–water partition coefficient (Wildman–Crippen LogP) is 4.60. The largest absolute Gasteiger partial charge is 0.346 e. The van der Waals surface area contributed by atoms with Gasteiger partial charge in [-0.3, -0.25) is 4.79 Å². The van der Waals surface area contributed by atoms with Gasteiger partial charge in [-0.15, -0.1) is 0 Å². The van der Waals surface area contributed by atoms with E-state index in [1.165, 1.54) is 5.56 Å². The molecule has 0 aliphatic carbocycles. The Balaban J connectivity index is 1.51. The third-order valence-corrected chi connectivity index (χ3v) is 4.84. The number of aromatic amines is 1. The van der Waals surface area contributed by atoms with Crippen LogP contribution in [0.1, 0.15) is 29.4 Å². The summed E-state index contributed by atoms with van der Waals surface area (Å²) in [6, 6.07) is 28.0. The van der Waals surface area contributed by atoms with E-state index in [9.17, 15) is 4.79 Å². The second-order valence-electron chi connectivity index (χ2n) is 6.93. The standard InChI is InChI=1S/C24H23N3O/c28-23(16-15-18-9-3-1-4-10-18)25-22(17-19-11-5-2-6-12-19)24-26-20-13-7-8-14-21(20)27-24/h1-14,22H,15-17H2,(H,25,28)(H,26,27). The molecule has 1 heterocycles. The first-order chi connectivity index (χ1) is 13.8. The van der Waals surface area contributed by atoms with Crippen molar-refractivity contribution in [2.24, 2.45) is 0 Å². The zero-order chi connectivity index (χ0) is 19.2. The van der Waals surface area contributed by atoms with Gasteiger partial charge in [-0.1, -0.05) is 72.8 Å². The molecular formula is C24H23N3O. The highest BCUT2D eigenvalue weighted by Gasteiger charge is 2.19. The minimum Gasteiger partial charge on any atom is -0.346 e. The molecule has 0 bridgehead atoms. The Kier molecular flexibility index (Phi) is 5.48. The number of benzene rings is 3. The van der Waals surface area contributed by atoms with Gasteiger partial charge in [-0.25, -0.2) is 4.98 Å². The van der Waals surface area contributed by atoms with Crippen LogP contribution in [0, 0.1) is 0 Å². The van der Waals surface area contributed by atoms with Gasteiger partial charge in [0, 0.05) is 6.42 Å². The maximum absolute atomic E-state index is 12.7. The lowest BCUT2D eigenvalue weighted by Crippen LogP contribution is -2.31. The first kappa shape index (κ1) is 18.0. The number of fused-ring (bicyclic) bond motifs is 1. The fourth-order valence-corrected chi connectivity index (χ4v) is 3.37. The molecular weight excluding hydrogens is 346 g/mol. The number of nitrogens with one attached hydrogen (secondary N) is 2. The molecule has 0 radical (unpaired) electrons. The highest BCUT2D eigenvalue weighted by molar-refractivity contribution is 5.77. The van der Waals surface area contributed by atoms with Crippen molar-refractivity contribution in [2.45, 2.75) is 25.3 Å². The van der Waals surface area contributed by atoms with Crippen molar-refractivity contribution >= 4 is 16.9 Å². The van der Waals surface area contributed by atoms with E-state index in [1.54, 1.807) is 0 Å². The van der Waals surface area contributed by atoms with E-state index in [2.05, 4.69) is 22.4 Å². The summed E-state index contributed by atoms with van der Waals surface area (Å²) in [5.74, 6) is 0.823. The molecule has 0 spiro atoms. The Morgan fingerprint density at radius 2 is 1.50 bits per heavy atom. The summed E-state index contributed by atoms with van der Waals surface area (Å²) in [6.45, 7) is 0. The lowest BCUT2D eigenvalue weighted by molar-refractivity contribution is -0.121. The van der Waals surface area contributed by atoms with Crippen molar-refractivity contribution in [1.29, 1.82) is 0 Å². The lowest BCUT2D eigenvalue weighted by Gasteiger charge is -2.17. The van der Waals surface area contributed by atoms with Crippen molar-refractivity contribution in [1.82, 2.24) is 15.3 Å². The molecule has 0 aliphatic rings. The van der Waals surface area contributed by atoms with Crippen LogP contribution in [0.25, 0.3) is 11.0 Å². The topological polar surface area (TPSA) is 57.8 Å². The van der Waals surface area contributed by atoms with E-state index in [-0.39, 0.29) is 11.9 Å². The Hall–Kier alpha value is -3.40. The minimum atomic E-state index is -0.196. The summed E-state index contributed by atoms with van der Waals surface area (Å²) in [5.41, 5.74) is 4.22. The number of carbonyl (C=O) groups excluding carboxylic acids is 1. The molecule has 0 aliphatic heterocycles. The van der Waals surface area contributed by atoms with Crippen molar-refractivity contribution in [3.05, 3.63) is 102 Å². The third-order valence-electron chi connectivity index (χ3n) is 4.84. The summed E-state index contributed by atoms with van der Waals surface area (Å²) in [4.78, 5) is 20.7. The number of aryl methyl sites for hydroxylation is 1. The van der Waals surface area contributed by atoms with E-state index in [0.29, 0.717) is 12.8 Å². The number of aromatic nitrogens is 2. The maximum Gasteiger partial charge on any atom is 0.220 e. The van der Waals surface area contributed by atoms with Crippen molar-refractivity contribution < 1.29 is 4.79 Å². The molecule has 0 saturated carbocycles. The van der Waals surface area contributed by atoms with Crippen LogP contribution in [0.4, 0.5) is 0 Å². The molecule has 0 saturated heterocycles. The van der Waals surface area contributed by atoms with Crippen LogP contribution in [0.2, 0.25) is 0 Å². The summed E-state index contributed by atoms with van der Waals surface area (Å²) in [7, 11) is 0. The molecule has 1 atom stereocenters. The number of H-pyrrole nitrogens is 1. The molecule has 0 fully saturated rings. The lowest BCUT2D eigenvalue weighted by atomic mass is 10.0. The van der Waals surface area contributed by atoms with Gasteiger partial charge in [-0.2, -0.15) is 0 Å². The van der Waals surface area contributed by atoms with Gasteiger partial charge in [0.25, 0.3) is 0 Å².